The maximum Gasteiger partial charge on any atom is 0.161 e. The van der Waals surface area contributed by atoms with E-state index in [2.05, 4.69) is 132 Å². The third-order valence-electron chi connectivity index (χ3n) is 22.1. The second-order valence-corrected chi connectivity index (χ2v) is 26.4. The summed E-state index contributed by atoms with van der Waals surface area (Å²) in [4.78, 5) is 0. The Labute approximate surface area is 514 Å². The van der Waals surface area contributed by atoms with E-state index in [-0.39, 0.29) is 201 Å². The van der Waals surface area contributed by atoms with Gasteiger partial charge in [-0.2, -0.15) is 0 Å². The van der Waals surface area contributed by atoms with E-state index >= 15 is 0 Å². The molecule has 18 unspecified atom stereocenters. The normalized spacial score (nSPS) is 52.8. The van der Waals surface area contributed by atoms with Crippen LogP contribution in [-0.4, -0.2) is 140 Å². The molecule has 35 atom stereocenters. The van der Waals surface area contributed by atoms with E-state index < -0.39 is 43.7 Å². The zero-order valence-electron chi connectivity index (χ0n) is 52.9. The predicted molar refractivity (Wildman–Crippen MR) is 298 cm³/mol. The van der Waals surface area contributed by atoms with E-state index in [1.807, 2.05) is 13.8 Å². The van der Waals surface area contributed by atoms with Gasteiger partial charge in [0.2, 0.25) is 0 Å². The summed E-state index contributed by atoms with van der Waals surface area (Å²) in [6, 6.07) is 0. The van der Waals surface area contributed by atoms with Crippen molar-refractivity contribution in [2.75, 3.05) is 6.61 Å². The first-order chi connectivity index (χ1) is 37.0. The van der Waals surface area contributed by atoms with Crippen LogP contribution in [0.1, 0.15) is 184 Å². The fourth-order valence-electron chi connectivity index (χ4n) is 14.5. The van der Waals surface area contributed by atoms with Crippen molar-refractivity contribution in [1.29, 1.82) is 0 Å². The van der Waals surface area contributed by atoms with E-state index in [1.54, 1.807) is 0 Å². The average molecular weight is 1340 g/mol. The molecule has 1 radical (unpaired) electrons. The summed E-state index contributed by atoms with van der Waals surface area (Å²) >= 11 is 0. The van der Waals surface area contributed by atoms with Crippen molar-refractivity contribution in [3.63, 3.8) is 0 Å². The molecule has 79 heavy (non-hydrogen) atoms. The first-order valence-electron chi connectivity index (χ1n) is 31.8. The third-order valence-corrected chi connectivity index (χ3v) is 22.1. The van der Waals surface area contributed by atoms with E-state index in [1.165, 1.54) is 0 Å². The van der Waals surface area contributed by atoms with Gasteiger partial charge in [-0.15, -0.1) is 0 Å². The average Bonchev–Trinajstić information content (AvgIpc) is 3.45. The quantitative estimate of drug-likeness (QED) is 0.126. The summed E-state index contributed by atoms with van der Waals surface area (Å²) in [5.74, 6) is 1.95. The molecule has 0 saturated carbocycles. The Morgan fingerprint density at radius 2 is 0.456 bits per heavy atom. The Hall–Kier alpha value is 0.842. The number of aliphatic hydroxyl groups is 2. The summed E-state index contributed by atoms with van der Waals surface area (Å²) < 4.78 is 89.2. The molecule has 7 heterocycles. The summed E-state index contributed by atoms with van der Waals surface area (Å²) in [6.07, 6.45) is -1.22. The summed E-state index contributed by atoms with van der Waals surface area (Å²) in [6.45, 7) is 46.1. The fourth-order valence-corrected chi connectivity index (χ4v) is 14.5. The standard InChI is InChI=1S/C63H114O15.Ac/c1-22-44-30(8)29(7)38(16)58(67-44)73-51-32(10)39(17)59(68-45(51)23-2)74-52-33(11)40(18)60(69-46(52)24-3)75-53-34(12)41(19)61(70-47(53)25-4)76-54-35(13)42(20)62(71-48(54)26-5)77-55-36(14)43(21)63(72-49(55)27-6)78-56-31(9)37(15)57(65)66-50(56)28-64;/h29-65H,22-28H2,1-21H3;/t29-,30+,31?,32+,33?,34?,35+,36+,37?,38+,39?,40?,41?,42?,43?,44?,45?,46?,47?,48?,49?,50?,51+,52-,53-,54+,55+,56-,57?,58?,59-,60+,61+,62-,63-;/m0./s1. The molecule has 7 saturated heterocycles. The van der Waals surface area contributed by atoms with Gasteiger partial charge < -0.3 is 71.8 Å². The number of aliphatic hydroxyl groups excluding tert-OH is 2. The van der Waals surface area contributed by atoms with Gasteiger partial charge >= 0.3 is 0 Å². The molecule has 7 fully saturated rings. The smallest absolute Gasteiger partial charge is 0.161 e. The molecule has 0 aromatic rings. The molecular formula is C63H114AcO15. The van der Waals surface area contributed by atoms with Crippen LogP contribution >= 0.6 is 0 Å². The van der Waals surface area contributed by atoms with Gasteiger partial charge in [-0.1, -0.05) is 145 Å². The van der Waals surface area contributed by atoms with Crippen molar-refractivity contribution in [3.05, 3.63) is 0 Å². The van der Waals surface area contributed by atoms with Crippen LogP contribution in [0.25, 0.3) is 0 Å². The predicted octanol–water partition coefficient (Wildman–Crippen LogP) is 11.4. The SMILES string of the molecule is CCC1O[C@H](O[C@H]2C(CC)O[C@@H](O[C@H]3C(CC)O[C@@H](O[C@@H]4C(CO)OC(O)C(C)C4C)C(C)[C@H]3C)C(C)[C@H]2C)C(C)C(C)[C@@H]1O[C@H]1OC(CC)[C@@H](O[C@@H]2OC(CC)[C@H](OC3OC(CC)[C@H](C)[C@H](C)[C@H]3C)[C@H](C)C2C)C(C)C1C.[Ac]. The van der Waals surface area contributed by atoms with Crippen LogP contribution in [-0.2, 0) is 61.6 Å². The number of hydrogen-bond donors (Lipinski definition) is 2. The zero-order chi connectivity index (χ0) is 57.3. The van der Waals surface area contributed by atoms with Gasteiger partial charge in [0.1, 0.15) is 6.10 Å². The Morgan fingerprint density at radius 3 is 0.684 bits per heavy atom. The minimum atomic E-state index is -0.947. The van der Waals surface area contributed by atoms with Crippen molar-refractivity contribution < 1.29 is 116 Å². The first-order valence-corrected chi connectivity index (χ1v) is 31.8. The van der Waals surface area contributed by atoms with Crippen molar-refractivity contribution in [2.24, 2.45) is 88.8 Å². The molecule has 15 nitrogen and oxygen atoms in total. The molecule has 0 spiro atoms. The Balaban J connectivity index is 0.0000101. The molecule has 0 aromatic carbocycles. The Bertz CT molecular complexity index is 1790. The summed E-state index contributed by atoms with van der Waals surface area (Å²) in [5, 5.41) is 20.7. The Kier molecular flexibility index (Phi) is 26.3. The van der Waals surface area contributed by atoms with Gasteiger partial charge in [0.05, 0.1) is 79.9 Å². The molecule has 7 aliphatic heterocycles. The molecule has 7 aliphatic rings. The molecule has 7 rings (SSSR count). The van der Waals surface area contributed by atoms with Crippen molar-refractivity contribution in [2.45, 2.75) is 307 Å². The van der Waals surface area contributed by atoms with Crippen LogP contribution in [0.3, 0.4) is 0 Å². The number of ether oxygens (including phenoxy) is 13. The minimum absolute atomic E-state index is 0. The van der Waals surface area contributed by atoms with Gasteiger partial charge in [0.25, 0.3) is 0 Å². The van der Waals surface area contributed by atoms with E-state index in [0.29, 0.717) is 17.8 Å². The molecule has 0 aromatic heterocycles. The largest absolute Gasteiger partial charge is 0.394 e. The maximum absolute atomic E-state index is 10.5. The Morgan fingerprint density at radius 1 is 0.253 bits per heavy atom. The number of hydrogen-bond acceptors (Lipinski definition) is 15. The summed E-state index contributed by atoms with van der Waals surface area (Å²) in [7, 11) is 0. The first kappa shape index (κ1) is 68.9. The molecule has 2 N–H and O–H groups in total. The van der Waals surface area contributed by atoms with Crippen molar-refractivity contribution in [1.82, 2.24) is 0 Å². The van der Waals surface area contributed by atoms with Crippen LogP contribution < -0.4 is 0 Å². The van der Waals surface area contributed by atoms with Gasteiger partial charge in [0.15, 0.2) is 44.0 Å². The van der Waals surface area contributed by atoms with Crippen molar-refractivity contribution in [3.8, 4) is 0 Å². The number of rotatable bonds is 19. The van der Waals surface area contributed by atoms with Crippen LogP contribution in [0.5, 0.6) is 0 Å². The fraction of sp³-hybridized carbons (Fsp3) is 1.00. The van der Waals surface area contributed by atoms with Crippen LogP contribution in [0.4, 0.5) is 0 Å². The van der Waals surface area contributed by atoms with Crippen LogP contribution in [0, 0.1) is 133 Å². The zero-order valence-corrected chi connectivity index (χ0v) is 57.7. The monoisotopic (exact) mass is 1340 g/mol. The van der Waals surface area contributed by atoms with Gasteiger partial charge in [-0.05, 0) is 85.9 Å². The van der Waals surface area contributed by atoms with Gasteiger partial charge in [-0.3, -0.25) is 0 Å². The van der Waals surface area contributed by atoms with E-state index in [0.717, 1.165) is 38.5 Å². The minimum Gasteiger partial charge on any atom is -0.394 e. The van der Waals surface area contributed by atoms with Gasteiger partial charge in [-0.25, -0.2) is 0 Å². The van der Waals surface area contributed by atoms with Gasteiger partial charge in [0, 0.05) is 85.5 Å². The molecule has 0 aliphatic carbocycles. The molecule has 16 heteroatoms. The molecule has 459 valence electrons. The van der Waals surface area contributed by atoms with E-state index in [9.17, 15) is 10.2 Å². The second-order valence-electron chi connectivity index (χ2n) is 26.4. The van der Waals surface area contributed by atoms with Crippen molar-refractivity contribution >= 4 is 0 Å². The summed E-state index contributed by atoms with van der Waals surface area (Å²) in [5.41, 5.74) is 0. The second kappa shape index (κ2) is 30.2. The molecule has 0 amide bonds. The molecular weight excluding hydrogens is 1220 g/mol. The third kappa shape index (κ3) is 14.6. The topological polar surface area (TPSA) is 160 Å². The van der Waals surface area contributed by atoms with Crippen LogP contribution in [0.15, 0.2) is 0 Å². The maximum atomic E-state index is 10.5. The van der Waals surface area contributed by atoms with Crippen LogP contribution in [0.2, 0.25) is 0 Å². The van der Waals surface area contributed by atoms with E-state index in [4.69, 9.17) is 61.6 Å². The molecule has 0 bridgehead atoms.